The first kappa shape index (κ1) is 19.2. The van der Waals surface area contributed by atoms with Gasteiger partial charge in [0, 0.05) is 37.1 Å². The monoisotopic (exact) mass is 512 g/mol. The molecule has 0 aliphatic carbocycles. The van der Waals surface area contributed by atoms with E-state index >= 15 is 0 Å². The minimum atomic E-state index is 0.872. The van der Waals surface area contributed by atoms with E-state index in [-0.39, 0.29) is 0 Å². The van der Waals surface area contributed by atoms with Gasteiger partial charge in [-0.1, -0.05) is 84.9 Å². The van der Waals surface area contributed by atoms with Crippen molar-refractivity contribution >= 4 is 81.4 Å². The summed E-state index contributed by atoms with van der Waals surface area (Å²) in [5, 5.41) is 9.21. The molecule has 0 radical (unpaired) electrons. The zero-order chi connectivity index (χ0) is 23.1. The minimum absolute atomic E-state index is 0.872. The van der Waals surface area contributed by atoms with Crippen molar-refractivity contribution in [3.05, 3.63) is 108 Å². The molecule has 6 aromatic carbocycles. The second kappa shape index (κ2) is 6.97. The van der Waals surface area contributed by atoms with Crippen LogP contribution in [-0.2, 0) is 0 Å². The van der Waals surface area contributed by atoms with Crippen LogP contribution in [0.4, 0.5) is 0 Å². The highest BCUT2D eigenvalue weighted by molar-refractivity contribution is 9.10. The van der Waals surface area contributed by atoms with E-state index in [4.69, 9.17) is 8.83 Å². The molecular formula is C32H17BrO2. The first-order valence-corrected chi connectivity index (χ1v) is 12.4. The van der Waals surface area contributed by atoms with Gasteiger partial charge >= 0.3 is 0 Å². The van der Waals surface area contributed by atoms with E-state index in [0.717, 1.165) is 53.9 Å². The van der Waals surface area contributed by atoms with Gasteiger partial charge in [0.1, 0.15) is 22.3 Å². The van der Waals surface area contributed by atoms with Gasteiger partial charge in [0.2, 0.25) is 0 Å². The number of fused-ring (bicyclic) bond motifs is 9. The molecule has 0 aliphatic rings. The van der Waals surface area contributed by atoms with E-state index in [0.29, 0.717) is 0 Å². The Labute approximate surface area is 208 Å². The van der Waals surface area contributed by atoms with Crippen LogP contribution in [0.1, 0.15) is 0 Å². The van der Waals surface area contributed by atoms with Crippen molar-refractivity contribution in [2.24, 2.45) is 0 Å². The lowest BCUT2D eigenvalue weighted by atomic mass is 9.91. The zero-order valence-electron chi connectivity index (χ0n) is 18.5. The Morgan fingerprint density at radius 1 is 0.429 bits per heavy atom. The molecule has 0 atom stereocenters. The van der Waals surface area contributed by atoms with E-state index in [1.165, 1.54) is 27.1 Å². The van der Waals surface area contributed by atoms with Crippen molar-refractivity contribution in [1.29, 1.82) is 0 Å². The van der Waals surface area contributed by atoms with Crippen LogP contribution in [0.15, 0.2) is 116 Å². The molecule has 0 fully saturated rings. The maximum atomic E-state index is 6.64. The second-order valence-corrected chi connectivity index (χ2v) is 9.77. The Balaban J connectivity index is 1.58. The maximum absolute atomic E-state index is 6.64. The van der Waals surface area contributed by atoms with E-state index in [1.54, 1.807) is 0 Å². The van der Waals surface area contributed by atoms with Gasteiger partial charge in [0.05, 0.1) is 0 Å². The van der Waals surface area contributed by atoms with Gasteiger partial charge < -0.3 is 8.83 Å². The third-order valence-electron chi connectivity index (χ3n) is 7.14. The summed E-state index contributed by atoms with van der Waals surface area (Å²) in [4.78, 5) is 0. The van der Waals surface area contributed by atoms with Crippen LogP contribution in [-0.4, -0.2) is 0 Å². The molecule has 0 bridgehead atoms. The van der Waals surface area contributed by atoms with Crippen molar-refractivity contribution in [2.45, 2.75) is 0 Å². The molecule has 2 heterocycles. The topological polar surface area (TPSA) is 26.3 Å². The second-order valence-electron chi connectivity index (χ2n) is 8.97. The Morgan fingerprint density at radius 3 is 1.69 bits per heavy atom. The summed E-state index contributed by atoms with van der Waals surface area (Å²) in [5.41, 5.74) is 5.84. The summed E-state index contributed by atoms with van der Waals surface area (Å²) in [6.07, 6.45) is 0. The molecule has 0 N–H and O–H groups in total. The summed E-state index contributed by atoms with van der Waals surface area (Å²) in [6.45, 7) is 0. The number of benzene rings is 6. The number of hydrogen-bond donors (Lipinski definition) is 0. The van der Waals surface area contributed by atoms with Crippen LogP contribution in [0.5, 0.6) is 0 Å². The largest absolute Gasteiger partial charge is 0.456 e. The van der Waals surface area contributed by atoms with Gasteiger partial charge in [-0.25, -0.2) is 0 Å². The summed E-state index contributed by atoms with van der Waals surface area (Å²) < 4.78 is 13.9. The Kier molecular flexibility index (Phi) is 3.83. The number of hydrogen-bond acceptors (Lipinski definition) is 2. The number of halogens is 1. The van der Waals surface area contributed by atoms with Gasteiger partial charge in [-0.3, -0.25) is 0 Å². The van der Waals surface area contributed by atoms with Crippen molar-refractivity contribution in [3.8, 4) is 11.1 Å². The minimum Gasteiger partial charge on any atom is -0.456 e. The van der Waals surface area contributed by atoms with E-state index in [2.05, 4.69) is 94.8 Å². The van der Waals surface area contributed by atoms with Crippen LogP contribution in [0.3, 0.4) is 0 Å². The van der Waals surface area contributed by atoms with E-state index in [1.807, 2.05) is 24.3 Å². The average Bonchev–Trinajstić information content (AvgIpc) is 3.47. The van der Waals surface area contributed by atoms with Gasteiger partial charge in [-0.05, 0) is 55.7 Å². The fourth-order valence-corrected chi connectivity index (χ4v) is 6.36. The average molecular weight is 513 g/mol. The number of rotatable bonds is 1. The molecule has 8 rings (SSSR count). The molecule has 8 aromatic rings. The standard InChI is InChI=1S/C32H17BrO2/c33-31-20-10-3-1-8-18(20)28(19-9-2-4-11-21(19)31)23-13-7-14-24-30-27(35-32(23)24)17-16-26-29(30)22-12-5-6-15-25(22)34-26/h1-17H. The molecule has 0 spiro atoms. The fraction of sp³-hybridized carbons (Fsp3) is 0. The quantitative estimate of drug-likeness (QED) is 0.204. The van der Waals surface area contributed by atoms with Crippen molar-refractivity contribution in [2.75, 3.05) is 0 Å². The molecule has 0 aliphatic heterocycles. The maximum Gasteiger partial charge on any atom is 0.143 e. The third kappa shape index (κ3) is 2.53. The Hall–Kier alpha value is -4.08. The van der Waals surface area contributed by atoms with Gasteiger partial charge in [-0.2, -0.15) is 0 Å². The van der Waals surface area contributed by atoms with Crippen LogP contribution in [0.25, 0.3) is 76.5 Å². The SMILES string of the molecule is Brc1c2ccccc2c(-c2cccc3c2oc2ccc4oc5ccccc5c4c23)c2ccccc12. The molecule has 2 nitrogen and oxygen atoms in total. The van der Waals surface area contributed by atoms with Crippen LogP contribution in [0, 0.1) is 0 Å². The highest BCUT2D eigenvalue weighted by atomic mass is 79.9. The molecule has 0 amide bonds. The molecule has 0 saturated heterocycles. The lowest BCUT2D eigenvalue weighted by molar-refractivity contribution is 0.663. The molecule has 164 valence electrons. The zero-order valence-corrected chi connectivity index (χ0v) is 20.1. The highest BCUT2D eigenvalue weighted by Crippen LogP contribution is 2.46. The summed E-state index contributed by atoms with van der Waals surface area (Å²) >= 11 is 3.88. The number of para-hydroxylation sites is 2. The molecule has 35 heavy (non-hydrogen) atoms. The predicted octanol–water partition coefficient (Wildman–Crippen LogP) is 10.2. The van der Waals surface area contributed by atoms with Crippen molar-refractivity contribution in [1.82, 2.24) is 0 Å². The molecule has 0 unspecified atom stereocenters. The first-order valence-electron chi connectivity index (χ1n) is 11.6. The number of furan rings is 2. The Bertz CT molecular complexity index is 2070. The smallest absolute Gasteiger partial charge is 0.143 e. The van der Waals surface area contributed by atoms with Gasteiger partial charge in [0.25, 0.3) is 0 Å². The summed E-state index contributed by atoms with van der Waals surface area (Å²) in [5.74, 6) is 0. The molecule has 3 heteroatoms. The van der Waals surface area contributed by atoms with Crippen LogP contribution in [0.2, 0.25) is 0 Å². The molecular weight excluding hydrogens is 496 g/mol. The molecule has 0 saturated carbocycles. The van der Waals surface area contributed by atoms with Crippen LogP contribution >= 0.6 is 15.9 Å². The predicted molar refractivity (Wildman–Crippen MR) is 149 cm³/mol. The van der Waals surface area contributed by atoms with E-state index < -0.39 is 0 Å². The third-order valence-corrected chi connectivity index (χ3v) is 7.99. The lowest BCUT2D eigenvalue weighted by Gasteiger charge is -2.14. The summed E-state index contributed by atoms with van der Waals surface area (Å²) in [6, 6.07) is 35.9. The van der Waals surface area contributed by atoms with E-state index in [9.17, 15) is 0 Å². The first-order chi connectivity index (χ1) is 17.3. The Morgan fingerprint density at radius 2 is 0.971 bits per heavy atom. The van der Waals surface area contributed by atoms with Crippen molar-refractivity contribution in [3.63, 3.8) is 0 Å². The highest BCUT2D eigenvalue weighted by Gasteiger charge is 2.21. The van der Waals surface area contributed by atoms with Crippen molar-refractivity contribution < 1.29 is 8.83 Å². The lowest BCUT2D eigenvalue weighted by Crippen LogP contribution is -1.88. The van der Waals surface area contributed by atoms with Gasteiger partial charge in [0.15, 0.2) is 0 Å². The fourth-order valence-electron chi connectivity index (χ4n) is 5.67. The van der Waals surface area contributed by atoms with Crippen LogP contribution < -0.4 is 0 Å². The normalized spacial score (nSPS) is 12.1. The molecule has 2 aromatic heterocycles. The van der Waals surface area contributed by atoms with Gasteiger partial charge in [-0.15, -0.1) is 0 Å². The summed E-state index contributed by atoms with van der Waals surface area (Å²) in [7, 11) is 0.